The third-order valence-electron chi connectivity index (χ3n) is 4.07. The lowest BCUT2D eigenvalue weighted by Gasteiger charge is -2.10. The molecule has 0 aliphatic carbocycles. The molecule has 1 atom stereocenters. The highest BCUT2D eigenvalue weighted by Gasteiger charge is 2.12. The number of unbranched alkanes of at least 4 members (excludes halogenated alkanes) is 2. The molecule has 0 spiro atoms. The molecule has 2 aromatic rings. The lowest BCUT2D eigenvalue weighted by atomic mass is 10.00. The highest BCUT2D eigenvalue weighted by atomic mass is 35.5. The fourth-order valence-electron chi connectivity index (χ4n) is 2.27. The first-order chi connectivity index (χ1) is 11.5. The normalized spacial score (nSPS) is 10.5. The smallest absolute Gasteiger partial charge is 0.185 e. The minimum atomic E-state index is 0.206. The minimum Gasteiger partial charge on any atom is -0.289 e. The number of aryl methyl sites for hydroxylation is 1. The standard InChI is InChI=1S/C16H17OP.C5H11Cl/c1-11-9-10-15(13(3)12(11)2)16(17)18-14-7-5-4-6-8-14;1-2-3-4-5-6/h4-10,18H,1-3H3;2-5H2,1H3. The van der Waals surface area contributed by atoms with Crippen LogP contribution in [-0.2, 0) is 0 Å². The summed E-state index contributed by atoms with van der Waals surface area (Å²) < 4.78 is 0. The molecule has 0 bridgehead atoms. The topological polar surface area (TPSA) is 17.1 Å². The van der Waals surface area contributed by atoms with E-state index in [0.29, 0.717) is 0 Å². The van der Waals surface area contributed by atoms with Crippen LogP contribution in [0.2, 0.25) is 0 Å². The number of alkyl halides is 1. The molecule has 0 N–H and O–H groups in total. The van der Waals surface area contributed by atoms with E-state index in [-0.39, 0.29) is 14.1 Å². The highest BCUT2D eigenvalue weighted by molar-refractivity contribution is 7.66. The summed E-state index contributed by atoms with van der Waals surface area (Å²) in [5, 5.41) is 1.10. The molecule has 0 aliphatic heterocycles. The first kappa shape index (κ1) is 20.9. The molecule has 0 aromatic heterocycles. The average molecular weight is 363 g/mol. The SMILES string of the molecule is CCCCCCl.Cc1ccc(C(=O)Pc2ccccc2)c(C)c1C. The second-order valence-corrected chi connectivity index (χ2v) is 7.56. The monoisotopic (exact) mass is 362 g/mol. The maximum Gasteiger partial charge on any atom is 0.185 e. The second kappa shape index (κ2) is 11.4. The molecule has 130 valence electrons. The van der Waals surface area contributed by atoms with Gasteiger partial charge in [-0.15, -0.1) is 11.6 Å². The van der Waals surface area contributed by atoms with Gasteiger partial charge in [-0.3, -0.25) is 4.79 Å². The molecule has 0 radical (unpaired) electrons. The van der Waals surface area contributed by atoms with Crippen molar-refractivity contribution in [3.63, 3.8) is 0 Å². The Balaban J connectivity index is 0.000000413. The van der Waals surface area contributed by atoms with Crippen LogP contribution < -0.4 is 5.30 Å². The average Bonchev–Trinajstić information content (AvgIpc) is 2.59. The lowest BCUT2D eigenvalue weighted by molar-refractivity contribution is 0.108. The van der Waals surface area contributed by atoms with Gasteiger partial charge in [0.2, 0.25) is 0 Å². The van der Waals surface area contributed by atoms with Crippen molar-refractivity contribution in [3.05, 3.63) is 64.7 Å². The van der Waals surface area contributed by atoms with E-state index in [1.165, 1.54) is 30.4 Å². The highest BCUT2D eigenvalue weighted by Crippen LogP contribution is 2.24. The van der Waals surface area contributed by atoms with Crippen molar-refractivity contribution in [3.8, 4) is 0 Å². The molecule has 0 amide bonds. The van der Waals surface area contributed by atoms with Crippen LogP contribution in [0, 0.1) is 20.8 Å². The van der Waals surface area contributed by atoms with Crippen LogP contribution in [0.5, 0.6) is 0 Å². The molecule has 0 saturated carbocycles. The molecule has 1 nitrogen and oxygen atoms in total. The van der Waals surface area contributed by atoms with E-state index in [4.69, 9.17) is 11.6 Å². The van der Waals surface area contributed by atoms with Gasteiger partial charge in [-0.1, -0.05) is 62.2 Å². The fourth-order valence-corrected chi connectivity index (χ4v) is 3.48. The van der Waals surface area contributed by atoms with Crippen LogP contribution in [-0.4, -0.2) is 11.4 Å². The summed E-state index contributed by atoms with van der Waals surface area (Å²) in [5.74, 6) is 0.827. The molecule has 0 heterocycles. The van der Waals surface area contributed by atoms with Gasteiger partial charge in [0.1, 0.15) is 0 Å². The maximum absolute atomic E-state index is 12.3. The first-order valence-electron chi connectivity index (χ1n) is 8.50. The third-order valence-corrected chi connectivity index (χ3v) is 5.46. The Labute approximate surface area is 153 Å². The van der Waals surface area contributed by atoms with Gasteiger partial charge in [0, 0.05) is 11.4 Å². The lowest BCUT2D eigenvalue weighted by Crippen LogP contribution is -2.03. The van der Waals surface area contributed by atoms with Gasteiger partial charge in [-0.05, 0) is 57.8 Å². The number of hydrogen-bond acceptors (Lipinski definition) is 1. The Morgan fingerprint density at radius 3 is 2.17 bits per heavy atom. The fraction of sp³-hybridized carbons (Fsp3) is 0.381. The molecule has 24 heavy (non-hydrogen) atoms. The molecule has 1 unspecified atom stereocenters. The zero-order chi connectivity index (χ0) is 17.9. The Morgan fingerprint density at radius 1 is 0.958 bits per heavy atom. The Morgan fingerprint density at radius 2 is 1.62 bits per heavy atom. The van der Waals surface area contributed by atoms with Crippen molar-refractivity contribution in [2.75, 3.05) is 5.88 Å². The van der Waals surface area contributed by atoms with Crippen molar-refractivity contribution in [2.24, 2.45) is 0 Å². The van der Waals surface area contributed by atoms with E-state index in [1.807, 2.05) is 49.4 Å². The van der Waals surface area contributed by atoms with Crippen molar-refractivity contribution in [2.45, 2.75) is 47.0 Å². The summed E-state index contributed by atoms with van der Waals surface area (Å²) in [4.78, 5) is 12.3. The Kier molecular flexibility index (Phi) is 9.91. The Bertz CT molecular complexity index is 634. The zero-order valence-corrected chi connectivity index (χ0v) is 16.9. The molecule has 0 saturated heterocycles. The molecule has 0 aliphatic rings. The minimum absolute atomic E-state index is 0.206. The molecule has 3 heteroatoms. The largest absolute Gasteiger partial charge is 0.289 e. The van der Waals surface area contributed by atoms with E-state index < -0.39 is 0 Å². The number of rotatable bonds is 6. The molecule has 2 rings (SSSR count). The summed E-state index contributed by atoms with van der Waals surface area (Å²) in [6.45, 7) is 8.36. The van der Waals surface area contributed by atoms with Crippen LogP contribution in [0.15, 0.2) is 42.5 Å². The van der Waals surface area contributed by atoms with E-state index in [0.717, 1.165) is 22.3 Å². The number of carbonyl (C=O) groups excluding carboxylic acids is 1. The van der Waals surface area contributed by atoms with Crippen LogP contribution in [0.1, 0.15) is 53.2 Å². The molecular formula is C21H28ClOP. The van der Waals surface area contributed by atoms with Gasteiger partial charge in [0.25, 0.3) is 0 Å². The maximum atomic E-state index is 12.3. The van der Waals surface area contributed by atoms with E-state index in [2.05, 4.69) is 20.8 Å². The van der Waals surface area contributed by atoms with Gasteiger partial charge in [-0.25, -0.2) is 0 Å². The van der Waals surface area contributed by atoms with Gasteiger partial charge < -0.3 is 0 Å². The third kappa shape index (κ3) is 6.75. The summed E-state index contributed by atoms with van der Waals surface area (Å²) >= 11 is 5.38. The Hall–Kier alpha value is -1.17. The van der Waals surface area contributed by atoms with Crippen molar-refractivity contribution in [1.82, 2.24) is 0 Å². The van der Waals surface area contributed by atoms with Crippen LogP contribution in [0.3, 0.4) is 0 Å². The summed E-state index contributed by atoms with van der Waals surface area (Å²) in [6.07, 6.45) is 3.73. The first-order valence-corrected chi connectivity index (χ1v) is 10.0. The van der Waals surface area contributed by atoms with E-state index in [9.17, 15) is 4.79 Å². The molecule has 2 aromatic carbocycles. The number of hydrogen-bond donors (Lipinski definition) is 0. The number of halogens is 1. The van der Waals surface area contributed by atoms with Crippen molar-refractivity contribution >= 4 is 31.0 Å². The van der Waals surface area contributed by atoms with Gasteiger partial charge in [0.05, 0.1) is 0 Å². The number of benzene rings is 2. The zero-order valence-electron chi connectivity index (χ0n) is 15.2. The van der Waals surface area contributed by atoms with Crippen molar-refractivity contribution < 1.29 is 4.79 Å². The second-order valence-electron chi connectivity index (χ2n) is 5.90. The summed E-state index contributed by atoms with van der Waals surface area (Å²) in [6, 6.07) is 13.9. The van der Waals surface area contributed by atoms with Gasteiger partial charge >= 0.3 is 0 Å². The van der Waals surface area contributed by atoms with E-state index >= 15 is 0 Å². The van der Waals surface area contributed by atoms with Crippen molar-refractivity contribution in [1.29, 1.82) is 0 Å². The summed E-state index contributed by atoms with van der Waals surface area (Å²) in [7, 11) is 0.206. The van der Waals surface area contributed by atoms with Crippen LogP contribution in [0.25, 0.3) is 0 Å². The van der Waals surface area contributed by atoms with Crippen LogP contribution in [0.4, 0.5) is 0 Å². The predicted octanol–water partition coefficient (Wildman–Crippen LogP) is 6.17. The molecular weight excluding hydrogens is 335 g/mol. The predicted molar refractivity (Wildman–Crippen MR) is 110 cm³/mol. The van der Waals surface area contributed by atoms with Gasteiger partial charge in [-0.2, -0.15) is 0 Å². The molecule has 0 fully saturated rings. The van der Waals surface area contributed by atoms with Gasteiger partial charge in [0.15, 0.2) is 5.52 Å². The number of carbonyl (C=O) groups is 1. The summed E-state index contributed by atoms with van der Waals surface area (Å²) in [5.41, 5.74) is 4.66. The quantitative estimate of drug-likeness (QED) is 0.341. The van der Waals surface area contributed by atoms with E-state index in [1.54, 1.807) is 0 Å². The van der Waals surface area contributed by atoms with Crippen LogP contribution >= 0.6 is 20.2 Å².